The summed E-state index contributed by atoms with van der Waals surface area (Å²) in [4.78, 5) is 28.0. The topological polar surface area (TPSA) is 121 Å². The zero-order valence-corrected chi connectivity index (χ0v) is 19.6. The van der Waals surface area contributed by atoms with Gasteiger partial charge < -0.3 is 15.5 Å². The number of aromatic carboxylic acids is 1. The van der Waals surface area contributed by atoms with Crippen molar-refractivity contribution in [1.29, 1.82) is 0 Å². The van der Waals surface area contributed by atoms with Crippen molar-refractivity contribution in [3.8, 4) is 11.3 Å². The monoisotopic (exact) mass is 499 g/mol. The molecule has 0 amide bonds. The lowest BCUT2D eigenvalue weighted by atomic mass is 10.0. The highest BCUT2D eigenvalue weighted by atomic mass is 35.5. The van der Waals surface area contributed by atoms with Crippen LogP contribution in [0.15, 0.2) is 42.9 Å². The molecule has 1 aromatic carbocycles. The molecule has 0 aliphatic carbocycles. The van der Waals surface area contributed by atoms with Gasteiger partial charge in [0.15, 0.2) is 11.6 Å². The van der Waals surface area contributed by atoms with E-state index in [2.05, 4.69) is 25.3 Å². The van der Waals surface area contributed by atoms with E-state index < -0.39 is 29.2 Å². The number of carbonyl (C=O) groups is 1. The lowest BCUT2D eigenvalue weighted by Crippen LogP contribution is -2.19. The van der Waals surface area contributed by atoms with Crippen molar-refractivity contribution in [2.24, 2.45) is 0 Å². The standard InChI is InChI=1S/C24H20ClF2N5O3/c1-11(14-6-12(22(33)34)4-5-16(14)26)31-20-15(25)10-28-18-7-17(27)19(32-21(18)20)13-8-29-23(30-9-13)24(2,3)35/h4-11,35H,1-3H3,(H,28,31)(H,33,34). The van der Waals surface area contributed by atoms with Crippen LogP contribution < -0.4 is 5.32 Å². The summed E-state index contributed by atoms with van der Waals surface area (Å²) in [6.07, 6.45) is 4.00. The van der Waals surface area contributed by atoms with Crippen LogP contribution in [0.4, 0.5) is 14.5 Å². The number of pyridine rings is 2. The highest BCUT2D eigenvalue weighted by molar-refractivity contribution is 6.34. The molecule has 0 spiro atoms. The van der Waals surface area contributed by atoms with Crippen LogP contribution in [0.1, 0.15) is 48.6 Å². The number of halogens is 3. The van der Waals surface area contributed by atoms with Gasteiger partial charge in [-0.05, 0) is 39.0 Å². The molecule has 4 aromatic rings. The Morgan fingerprint density at radius 2 is 1.77 bits per heavy atom. The second-order valence-corrected chi connectivity index (χ2v) is 8.84. The Hall–Kier alpha value is -3.76. The van der Waals surface area contributed by atoms with E-state index in [1.54, 1.807) is 6.92 Å². The summed E-state index contributed by atoms with van der Waals surface area (Å²) in [6.45, 7) is 4.68. The minimum atomic E-state index is -1.27. The maximum atomic E-state index is 14.9. The number of anilines is 1. The largest absolute Gasteiger partial charge is 0.478 e. The lowest BCUT2D eigenvalue weighted by Gasteiger charge is -2.19. The third-order valence-electron chi connectivity index (χ3n) is 5.29. The molecule has 35 heavy (non-hydrogen) atoms. The van der Waals surface area contributed by atoms with E-state index in [0.29, 0.717) is 0 Å². The Bertz CT molecular complexity index is 1440. The van der Waals surface area contributed by atoms with Crippen molar-refractivity contribution in [3.05, 3.63) is 76.5 Å². The van der Waals surface area contributed by atoms with Crippen LogP contribution in [0, 0.1) is 11.6 Å². The number of carboxylic acids is 1. The smallest absolute Gasteiger partial charge is 0.335 e. The number of nitrogens with one attached hydrogen (secondary N) is 1. The maximum Gasteiger partial charge on any atom is 0.335 e. The summed E-state index contributed by atoms with van der Waals surface area (Å²) < 4.78 is 29.4. The summed E-state index contributed by atoms with van der Waals surface area (Å²) in [7, 11) is 0. The Morgan fingerprint density at radius 1 is 1.09 bits per heavy atom. The van der Waals surface area contributed by atoms with Crippen molar-refractivity contribution in [2.75, 3.05) is 5.32 Å². The second-order valence-electron chi connectivity index (χ2n) is 8.43. The molecule has 0 aliphatic rings. The van der Waals surface area contributed by atoms with Gasteiger partial charge in [0, 0.05) is 35.8 Å². The molecule has 3 heterocycles. The molecule has 0 aliphatic heterocycles. The van der Waals surface area contributed by atoms with Crippen molar-refractivity contribution in [2.45, 2.75) is 32.4 Å². The van der Waals surface area contributed by atoms with Gasteiger partial charge in [-0.25, -0.2) is 28.5 Å². The molecule has 3 aromatic heterocycles. The molecule has 0 radical (unpaired) electrons. The first-order valence-corrected chi connectivity index (χ1v) is 10.8. The molecule has 4 rings (SSSR count). The van der Waals surface area contributed by atoms with Crippen molar-refractivity contribution in [3.63, 3.8) is 0 Å². The first-order chi connectivity index (χ1) is 16.5. The summed E-state index contributed by atoms with van der Waals surface area (Å²) in [5.74, 6) is -2.31. The highest BCUT2D eigenvalue weighted by Crippen LogP contribution is 2.34. The fraction of sp³-hybridized carbons (Fsp3) is 0.208. The van der Waals surface area contributed by atoms with E-state index in [9.17, 15) is 23.8 Å². The van der Waals surface area contributed by atoms with E-state index >= 15 is 0 Å². The minimum absolute atomic E-state index is 0.0707. The van der Waals surface area contributed by atoms with Gasteiger partial charge in [-0.3, -0.25) is 4.98 Å². The molecule has 0 saturated carbocycles. The quantitative estimate of drug-likeness (QED) is 0.334. The molecule has 1 atom stereocenters. The number of carboxylic acid groups (broad SMARTS) is 1. The Balaban J connectivity index is 1.78. The molecule has 1 unspecified atom stereocenters. The molecule has 0 saturated heterocycles. The zero-order chi connectivity index (χ0) is 25.5. The summed E-state index contributed by atoms with van der Waals surface area (Å²) in [6, 6.07) is 3.94. The number of hydrogen-bond donors (Lipinski definition) is 3. The predicted octanol–water partition coefficient (Wildman–Crippen LogP) is 5.12. The third kappa shape index (κ3) is 4.89. The van der Waals surface area contributed by atoms with Gasteiger partial charge in [0.25, 0.3) is 0 Å². The van der Waals surface area contributed by atoms with Crippen LogP contribution in [0.3, 0.4) is 0 Å². The minimum Gasteiger partial charge on any atom is -0.478 e. The van der Waals surface area contributed by atoms with Gasteiger partial charge in [-0.15, -0.1) is 0 Å². The average molecular weight is 500 g/mol. The number of nitrogens with zero attached hydrogens (tertiary/aromatic N) is 4. The number of fused-ring (bicyclic) bond motifs is 1. The zero-order valence-electron chi connectivity index (χ0n) is 18.8. The van der Waals surface area contributed by atoms with Crippen molar-refractivity contribution < 1.29 is 23.8 Å². The van der Waals surface area contributed by atoms with Crippen LogP contribution >= 0.6 is 11.6 Å². The highest BCUT2D eigenvalue weighted by Gasteiger charge is 2.22. The van der Waals surface area contributed by atoms with Crippen molar-refractivity contribution in [1.82, 2.24) is 19.9 Å². The molecular weight excluding hydrogens is 480 g/mol. The SMILES string of the molecule is CC(Nc1c(Cl)cnc2cc(F)c(-c3cnc(C(C)(C)O)nc3)nc12)c1cc(C(=O)O)ccc1F. The summed E-state index contributed by atoms with van der Waals surface area (Å²) in [5.41, 5.74) is -0.385. The average Bonchev–Trinajstić information content (AvgIpc) is 2.80. The van der Waals surface area contributed by atoms with Gasteiger partial charge >= 0.3 is 5.97 Å². The van der Waals surface area contributed by atoms with Gasteiger partial charge in [-0.2, -0.15) is 0 Å². The van der Waals surface area contributed by atoms with Gasteiger partial charge in [-0.1, -0.05) is 11.6 Å². The van der Waals surface area contributed by atoms with Crippen LogP contribution in [-0.2, 0) is 5.60 Å². The molecule has 180 valence electrons. The Kier molecular flexibility index (Phi) is 6.35. The molecule has 0 bridgehead atoms. The maximum absolute atomic E-state index is 14.9. The third-order valence-corrected chi connectivity index (χ3v) is 5.58. The van der Waals surface area contributed by atoms with E-state index in [1.165, 1.54) is 50.6 Å². The van der Waals surface area contributed by atoms with Crippen LogP contribution in [0.5, 0.6) is 0 Å². The van der Waals surface area contributed by atoms with E-state index in [-0.39, 0.29) is 50.0 Å². The lowest BCUT2D eigenvalue weighted by molar-refractivity contribution is 0.0683. The first-order valence-electron chi connectivity index (χ1n) is 10.4. The van der Waals surface area contributed by atoms with Crippen LogP contribution in [0.2, 0.25) is 5.02 Å². The van der Waals surface area contributed by atoms with Gasteiger partial charge in [0.2, 0.25) is 0 Å². The fourth-order valence-electron chi connectivity index (χ4n) is 3.47. The fourth-order valence-corrected chi connectivity index (χ4v) is 3.67. The first kappa shape index (κ1) is 24.4. The number of rotatable bonds is 6. The number of aromatic nitrogens is 4. The molecule has 3 N–H and O–H groups in total. The van der Waals surface area contributed by atoms with E-state index in [4.69, 9.17) is 11.6 Å². The van der Waals surface area contributed by atoms with Crippen LogP contribution in [0.25, 0.3) is 22.3 Å². The van der Waals surface area contributed by atoms with Gasteiger partial charge in [0.1, 0.15) is 22.6 Å². The number of hydrogen-bond acceptors (Lipinski definition) is 7. The molecule has 8 nitrogen and oxygen atoms in total. The predicted molar refractivity (Wildman–Crippen MR) is 126 cm³/mol. The summed E-state index contributed by atoms with van der Waals surface area (Å²) in [5, 5.41) is 22.5. The summed E-state index contributed by atoms with van der Waals surface area (Å²) >= 11 is 6.37. The van der Waals surface area contributed by atoms with E-state index in [1.807, 2.05) is 0 Å². The number of aliphatic hydroxyl groups is 1. The Labute approximate surface area is 203 Å². The molecule has 0 fully saturated rings. The molecule has 11 heteroatoms. The number of benzene rings is 1. The van der Waals surface area contributed by atoms with Crippen molar-refractivity contribution >= 4 is 34.3 Å². The second kappa shape index (κ2) is 9.12. The Morgan fingerprint density at radius 3 is 2.40 bits per heavy atom. The normalized spacial score (nSPS) is 12.5. The van der Waals surface area contributed by atoms with Crippen LogP contribution in [-0.4, -0.2) is 36.1 Å². The van der Waals surface area contributed by atoms with Gasteiger partial charge in [0.05, 0.1) is 27.8 Å². The molecular formula is C24H20ClF2N5O3. The van der Waals surface area contributed by atoms with E-state index in [0.717, 1.165) is 6.07 Å².